The Morgan fingerprint density at radius 2 is 1.96 bits per heavy atom. The van der Waals surface area contributed by atoms with E-state index in [-0.39, 0.29) is 29.4 Å². The Bertz CT molecular complexity index is 353. The number of hydrogen-bond donors (Lipinski definition) is 2. The molecule has 23 heavy (non-hydrogen) atoms. The number of likely N-dealkylation sites (tertiary alicyclic amines) is 1. The van der Waals surface area contributed by atoms with Crippen LogP contribution in [0.3, 0.4) is 0 Å². The highest BCUT2D eigenvalue weighted by atomic mass is 127. The average molecular weight is 438 g/mol. The maximum atomic E-state index is 5.31. The molecule has 0 saturated carbocycles. The lowest BCUT2D eigenvalue weighted by Gasteiger charge is -2.37. The van der Waals surface area contributed by atoms with Gasteiger partial charge in [-0.05, 0) is 32.7 Å². The zero-order chi connectivity index (χ0) is 15.8. The molecule has 0 bridgehead atoms. The maximum Gasteiger partial charge on any atom is 0.191 e. The first-order chi connectivity index (χ1) is 10.6. The van der Waals surface area contributed by atoms with E-state index >= 15 is 0 Å². The molecule has 2 rings (SSSR count). The first-order valence-electron chi connectivity index (χ1n) is 9.00. The van der Waals surface area contributed by atoms with Crippen LogP contribution in [0.2, 0.25) is 0 Å². The van der Waals surface area contributed by atoms with Crippen molar-refractivity contribution < 1.29 is 4.74 Å². The highest BCUT2D eigenvalue weighted by Gasteiger charge is 2.33. The van der Waals surface area contributed by atoms with Crippen LogP contribution in [-0.4, -0.2) is 62.8 Å². The SMILES string of the molecule is CCCCN1CCC(NC(=NCC2(C)COC2)NCC)CC1.I. The van der Waals surface area contributed by atoms with Gasteiger partial charge in [-0.2, -0.15) is 0 Å². The van der Waals surface area contributed by atoms with Crippen molar-refractivity contribution in [3.8, 4) is 0 Å². The molecule has 6 heteroatoms. The number of halogens is 1. The van der Waals surface area contributed by atoms with E-state index in [0.717, 1.165) is 32.3 Å². The molecule has 0 aromatic heterocycles. The molecule has 0 spiro atoms. The van der Waals surface area contributed by atoms with Crippen LogP contribution in [0.15, 0.2) is 4.99 Å². The van der Waals surface area contributed by atoms with E-state index in [9.17, 15) is 0 Å². The van der Waals surface area contributed by atoms with Crippen molar-refractivity contribution in [1.29, 1.82) is 0 Å². The molecule has 2 saturated heterocycles. The lowest BCUT2D eigenvalue weighted by molar-refractivity contribution is -0.0945. The van der Waals surface area contributed by atoms with E-state index in [1.165, 1.54) is 45.3 Å². The number of ether oxygens (including phenoxy) is 1. The molecule has 0 amide bonds. The fraction of sp³-hybridized carbons (Fsp3) is 0.941. The largest absolute Gasteiger partial charge is 0.380 e. The van der Waals surface area contributed by atoms with Gasteiger partial charge in [-0.25, -0.2) is 0 Å². The molecule has 0 unspecified atom stereocenters. The second-order valence-corrected chi connectivity index (χ2v) is 7.11. The van der Waals surface area contributed by atoms with Crippen molar-refractivity contribution in [2.45, 2.75) is 52.5 Å². The highest BCUT2D eigenvalue weighted by molar-refractivity contribution is 14.0. The number of rotatable bonds is 7. The molecule has 2 aliphatic rings. The molecule has 0 aliphatic carbocycles. The first kappa shape index (κ1) is 21.0. The standard InChI is InChI=1S/C17H34N4O.HI/c1-4-6-9-21-10-7-15(8-11-21)20-16(18-5-2)19-12-17(3)13-22-14-17;/h15H,4-14H2,1-3H3,(H2,18,19,20);1H. The Morgan fingerprint density at radius 3 is 2.48 bits per heavy atom. The van der Waals surface area contributed by atoms with Gasteiger partial charge in [0, 0.05) is 31.1 Å². The molecule has 0 aromatic carbocycles. The van der Waals surface area contributed by atoms with E-state index in [4.69, 9.17) is 9.73 Å². The van der Waals surface area contributed by atoms with Crippen LogP contribution in [0.25, 0.3) is 0 Å². The predicted octanol–water partition coefficient (Wildman–Crippen LogP) is 2.46. The molecule has 2 fully saturated rings. The Balaban J connectivity index is 0.00000264. The number of hydrogen-bond acceptors (Lipinski definition) is 3. The van der Waals surface area contributed by atoms with Crippen molar-refractivity contribution >= 4 is 29.9 Å². The summed E-state index contributed by atoms with van der Waals surface area (Å²) in [5.74, 6) is 0.975. The van der Waals surface area contributed by atoms with Gasteiger partial charge in [0.15, 0.2) is 5.96 Å². The first-order valence-corrected chi connectivity index (χ1v) is 9.00. The predicted molar refractivity (Wildman–Crippen MR) is 108 cm³/mol. The molecule has 2 heterocycles. The Hall–Kier alpha value is -0.0800. The lowest BCUT2D eigenvalue weighted by Crippen LogP contribution is -2.49. The summed E-state index contributed by atoms with van der Waals surface area (Å²) >= 11 is 0. The van der Waals surface area contributed by atoms with Gasteiger partial charge in [0.2, 0.25) is 0 Å². The molecule has 136 valence electrons. The third-order valence-corrected chi connectivity index (χ3v) is 4.62. The summed E-state index contributed by atoms with van der Waals surface area (Å²) in [6, 6.07) is 0.557. The molecule has 2 aliphatic heterocycles. The summed E-state index contributed by atoms with van der Waals surface area (Å²) in [5, 5.41) is 7.01. The topological polar surface area (TPSA) is 48.9 Å². The molecule has 5 nitrogen and oxygen atoms in total. The maximum absolute atomic E-state index is 5.31. The van der Waals surface area contributed by atoms with Crippen molar-refractivity contribution in [3.05, 3.63) is 0 Å². The summed E-state index contributed by atoms with van der Waals surface area (Å²) in [6.45, 7) is 13.8. The fourth-order valence-corrected chi connectivity index (χ4v) is 3.01. The average Bonchev–Trinajstić information content (AvgIpc) is 2.50. The van der Waals surface area contributed by atoms with E-state index in [2.05, 4.69) is 36.3 Å². The second kappa shape index (κ2) is 10.7. The monoisotopic (exact) mass is 438 g/mol. The third kappa shape index (κ3) is 7.13. The van der Waals surface area contributed by atoms with Gasteiger partial charge in [0.25, 0.3) is 0 Å². The van der Waals surface area contributed by atoms with Gasteiger partial charge in [0.1, 0.15) is 0 Å². The fourth-order valence-electron chi connectivity index (χ4n) is 3.01. The number of aliphatic imine (C=N–C) groups is 1. The minimum Gasteiger partial charge on any atom is -0.380 e. The summed E-state index contributed by atoms with van der Waals surface area (Å²) in [7, 11) is 0. The minimum atomic E-state index is 0. The van der Waals surface area contributed by atoms with Gasteiger partial charge in [-0.1, -0.05) is 20.3 Å². The van der Waals surface area contributed by atoms with Gasteiger partial charge in [-0.15, -0.1) is 24.0 Å². The summed E-state index contributed by atoms with van der Waals surface area (Å²) in [5.41, 5.74) is 0.242. The van der Waals surface area contributed by atoms with E-state index in [1.807, 2.05) is 0 Å². The van der Waals surface area contributed by atoms with Gasteiger partial charge < -0.3 is 20.3 Å². The number of guanidine groups is 1. The molecule has 0 aromatic rings. The van der Waals surface area contributed by atoms with Crippen molar-refractivity contribution in [1.82, 2.24) is 15.5 Å². The van der Waals surface area contributed by atoms with Crippen LogP contribution >= 0.6 is 24.0 Å². The summed E-state index contributed by atoms with van der Waals surface area (Å²) < 4.78 is 5.31. The van der Waals surface area contributed by atoms with Crippen LogP contribution in [-0.2, 0) is 4.74 Å². The van der Waals surface area contributed by atoms with Gasteiger partial charge in [-0.3, -0.25) is 4.99 Å². The van der Waals surface area contributed by atoms with E-state index < -0.39 is 0 Å². The Kier molecular flexibility index (Phi) is 9.77. The molecular weight excluding hydrogens is 403 g/mol. The molecule has 2 N–H and O–H groups in total. The number of piperidine rings is 1. The lowest BCUT2D eigenvalue weighted by atomic mass is 9.89. The van der Waals surface area contributed by atoms with Crippen LogP contribution in [0.5, 0.6) is 0 Å². The van der Waals surface area contributed by atoms with Gasteiger partial charge in [0.05, 0.1) is 19.8 Å². The zero-order valence-electron chi connectivity index (χ0n) is 15.1. The molecular formula is C17H35IN4O. The Morgan fingerprint density at radius 1 is 1.26 bits per heavy atom. The smallest absolute Gasteiger partial charge is 0.191 e. The molecule has 0 radical (unpaired) electrons. The number of nitrogens with one attached hydrogen (secondary N) is 2. The third-order valence-electron chi connectivity index (χ3n) is 4.62. The van der Waals surface area contributed by atoms with E-state index in [0.29, 0.717) is 6.04 Å². The molecule has 0 atom stereocenters. The van der Waals surface area contributed by atoms with Crippen LogP contribution in [0.4, 0.5) is 0 Å². The van der Waals surface area contributed by atoms with E-state index in [1.54, 1.807) is 0 Å². The number of unbranched alkanes of at least 4 members (excludes halogenated alkanes) is 1. The van der Waals surface area contributed by atoms with Crippen molar-refractivity contribution in [3.63, 3.8) is 0 Å². The van der Waals surface area contributed by atoms with Crippen molar-refractivity contribution in [2.24, 2.45) is 10.4 Å². The summed E-state index contributed by atoms with van der Waals surface area (Å²) in [6.07, 6.45) is 5.05. The minimum absolute atomic E-state index is 0. The quantitative estimate of drug-likeness (QED) is 0.364. The van der Waals surface area contributed by atoms with Crippen LogP contribution in [0, 0.1) is 5.41 Å². The van der Waals surface area contributed by atoms with Crippen LogP contribution in [0.1, 0.15) is 46.5 Å². The highest BCUT2D eigenvalue weighted by Crippen LogP contribution is 2.26. The zero-order valence-corrected chi connectivity index (χ0v) is 17.4. The normalized spacial score (nSPS) is 22.1. The van der Waals surface area contributed by atoms with Gasteiger partial charge >= 0.3 is 0 Å². The number of nitrogens with zero attached hydrogens (tertiary/aromatic N) is 2. The summed E-state index contributed by atoms with van der Waals surface area (Å²) in [4.78, 5) is 7.37. The Labute approximate surface area is 159 Å². The second-order valence-electron chi connectivity index (χ2n) is 7.11. The van der Waals surface area contributed by atoms with Crippen LogP contribution < -0.4 is 10.6 Å². The van der Waals surface area contributed by atoms with Crippen molar-refractivity contribution in [2.75, 3.05) is 45.9 Å².